The Kier molecular flexibility index (Phi) is 6.06. The standard InChI is InChI=1S/C15H26N2/c1-5-13(2)14-7-9-15(10-8-14)16-11-6-12-17(3)4/h7-10,13,16H,5-6,11-12H2,1-4H3. The van der Waals surface area contributed by atoms with E-state index in [0.717, 1.165) is 13.1 Å². The first kappa shape index (κ1) is 14.0. The first-order valence-electron chi connectivity index (χ1n) is 6.62. The third-order valence-corrected chi connectivity index (χ3v) is 3.20. The molecule has 17 heavy (non-hydrogen) atoms. The smallest absolute Gasteiger partial charge is 0.0340 e. The van der Waals surface area contributed by atoms with Gasteiger partial charge in [-0.05, 0) is 57.1 Å². The highest BCUT2D eigenvalue weighted by Gasteiger charge is 2.01. The van der Waals surface area contributed by atoms with Gasteiger partial charge in [0, 0.05) is 12.2 Å². The quantitative estimate of drug-likeness (QED) is 0.726. The zero-order valence-corrected chi connectivity index (χ0v) is 11.7. The van der Waals surface area contributed by atoms with E-state index in [4.69, 9.17) is 0 Å². The fourth-order valence-electron chi connectivity index (χ4n) is 1.79. The molecule has 0 aliphatic rings. The summed E-state index contributed by atoms with van der Waals surface area (Å²) in [4.78, 5) is 2.22. The number of hydrogen-bond donors (Lipinski definition) is 1. The average Bonchev–Trinajstić information content (AvgIpc) is 2.34. The summed E-state index contributed by atoms with van der Waals surface area (Å²) >= 11 is 0. The molecule has 1 unspecified atom stereocenters. The van der Waals surface area contributed by atoms with Crippen molar-refractivity contribution in [1.29, 1.82) is 0 Å². The van der Waals surface area contributed by atoms with Crippen LogP contribution in [-0.2, 0) is 0 Å². The van der Waals surface area contributed by atoms with E-state index >= 15 is 0 Å². The number of benzene rings is 1. The molecule has 0 aliphatic carbocycles. The minimum absolute atomic E-state index is 0.665. The zero-order chi connectivity index (χ0) is 12.7. The maximum absolute atomic E-state index is 3.46. The van der Waals surface area contributed by atoms with Gasteiger partial charge in [0.05, 0.1) is 0 Å². The van der Waals surface area contributed by atoms with Crippen molar-refractivity contribution in [3.8, 4) is 0 Å². The van der Waals surface area contributed by atoms with Gasteiger partial charge < -0.3 is 10.2 Å². The lowest BCUT2D eigenvalue weighted by molar-refractivity contribution is 0.405. The molecule has 2 nitrogen and oxygen atoms in total. The first-order chi connectivity index (χ1) is 8.13. The number of nitrogens with zero attached hydrogens (tertiary/aromatic N) is 1. The minimum Gasteiger partial charge on any atom is -0.385 e. The van der Waals surface area contributed by atoms with Crippen molar-refractivity contribution in [3.63, 3.8) is 0 Å². The molecular formula is C15H26N2. The van der Waals surface area contributed by atoms with Crippen molar-refractivity contribution in [2.24, 2.45) is 0 Å². The monoisotopic (exact) mass is 234 g/mol. The highest BCUT2D eigenvalue weighted by molar-refractivity contribution is 5.45. The van der Waals surface area contributed by atoms with Gasteiger partial charge >= 0.3 is 0 Å². The van der Waals surface area contributed by atoms with Crippen molar-refractivity contribution in [3.05, 3.63) is 29.8 Å². The van der Waals surface area contributed by atoms with Gasteiger partial charge in [0.15, 0.2) is 0 Å². The van der Waals surface area contributed by atoms with Crippen LogP contribution in [0.15, 0.2) is 24.3 Å². The van der Waals surface area contributed by atoms with Crippen LogP contribution in [0.2, 0.25) is 0 Å². The van der Waals surface area contributed by atoms with Crippen molar-refractivity contribution in [1.82, 2.24) is 4.90 Å². The van der Waals surface area contributed by atoms with Crippen LogP contribution in [0, 0.1) is 0 Å². The van der Waals surface area contributed by atoms with E-state index in [-0.39, 0.29) is 0 Å². The molecule has 0 heterocycles. The molecular weight excluding hydrogens is 208 g/mol. The van der Waals surface area contributed by atoms with Crippen LogP contribution in [-0.4, -0.2) is 32.1 Å². The lowest BCUT2D eigenvalue weighted by Gasteiger charge is -2.12. The van der Waals surface area contributed by atoms with E-state index in [2.05, 4.69) is 62.4 Å². The van der Waals surface area contributed by atoms with E-state index in [0.29, 0.717) is 5.92 Å². The topological polar surface area (TPSA) is 15.3 Å². The Labute approximate surface area is 106 Å². The van der Waals surface area contributed by atoms with Crippen molar-refractivity contribution in [2.75, 3.05) is 32.5 Å². The fourth-order valence-corrected chi connectivity index (χ4v) is 1.79. The molecule has 0 spiro atoms. The first-order valence-corrected chi connectivity index (χ1v) is 6.62. The van der Waals surface area contributed by atoms with Gasteiger partial charge in [-0.15, -0.1) is 0 Å². The zero-order valence-electron chi connectivity index (χ0n) is 11.7. The van der Waals surface area contributed by atoms with Gasteiger partial charge in [0.1, 0.15) is 0 Å². The largest absolute Gasteiger partial charge is 0.385 e. The average molecular weight is 234 g/mol. The maximum atomic E-state index is 3.46. The number of rotatable bonds is 7. The molecule has 96 valence electrons. The second kappa shape index (κ2) is 7.33. The van der Waals surface area contributed by atoms with Gasteiger partial charge in [-0.2, -0.15) is 0 Å². The molecule has 0 fully saturated rings. The predicted octanol–water partition coefficient (Wildman–Crippen LogP) is 3.56. The number of hydrogen-bond acceptors (Lipinski definition) is 2. The SMILES string of the molecule is CCC(C)c1ccc(NCCCN(C)C)cc1. The molecule has 0 radical (unpaired) electrons. The molecule has 1 aromatic rings. The van der Waals surface area contributed by atoms with Crippen LogP contribution in [0.5, 0.6) is 0 Å². The normalized spacial score (nSPS) is 12.8. The van der Waals surface area contributed by atoms with Crippen LogP contribution in [0.3, 0.4) is 0 Å². The highest BCUT2D eigenvalue weighted by atomic mass is 15.1. The molecule has 0 bridgehead atoms. The summed E-state index contributed by atoms with van der Waals surface area (Å²) in [6.45, 7) is 6.69. The van der Waals surface area contributed by atoms with E-state index < -0.39 is 0 Å². The van der Waals surface area contributed by atoms with E-state index in [1.165, 1.54) is 24.1 Å². The van der Waals surface area contributed by atoms with Gasteiger partial charge in [0.25, 0.3) is 0 Å². The third kappa shape index (κ3) is 5.22. The molecule has 2 heteroatoms. The van der Waals surface area contributed by atoms with Gasteiger partial charge in [-0.25, -0.2) is 0 Å². The molecule has 1 aromatic carbocycles. The van der Waals surface area contributed by atoms with Gasteiger partial charge in [0.2, 0.25) is 0 Å². The summed E-state index contributed by atoms with van der Waals surface area (Å²) in [6, 6.07) is 8.86. The summed E-state index contributed by atoms with van der Waals surface area (Å²) in [5, 5.41) is 3.46. The minimum atomic E-state index is 0.665. The second-order valence-corrected chi connectivity index (χ2v) is 5.01. The molecule has 0 amide bonds. The molecule has 1 N–H and O–H groups in total. The Balaban J connectivity index is 2.35. The van der Waals surface area contributed by atoms with Crippen LogP contribution in [0.4, 0.5) is 5.69 Å². The predicted molar refractivity (Wildman–Crippen MR) is 76.8 cm³/mol. The molecule has 1 atom stereocenters. The van der Waals surface area contributed by atoms with Crippen molar-refractivity contribution >= 4 is 5.69 Å². The summed E-state index contributed by atoms with van der Waals surface area (Å²) in [6.07, 6.45) is 2.38. The lowest BCUT2D eigenvalue weighted by atomic mass is 9.99. The molecule has 0 saturated heterocycles. The number of anilines is 1. The summed E-state index contributed by atoms with van der Waals surface area (Å²) in [5.74, 6) is 0.665. The Morgan fingerprint density at radius 3 is 2.35 bits per heavy atom. The van der Waals surface area contributed by atoms with E-state index in [1.54, 1.807) is 0 Å². The number of nitrogens with one attached hydrogen (secondary N) is 1. The molecule has 0 saturated carbocycles. The lowest BCUT2D eigenvalue weighted by Crippen LogP contribution is -2.16. The van der Waals surface area contributed by atoms with E-state index in [1.807, 2.05) is 0 Å². The van der Waals surface area contributed by atoms with Gasteiger partial charge in [-0.3, -0.25) is 0 Å². The van der Waals surface area contributed by atoms with Crippen molar-refractivity contribution in [2.45, 2.75) is 32.6 Å². The summed E-state index contributed by atoms with van der Waals surface area (Å²) in [7, 11) is 4.22. The molecule has 0 aromatic heterocycles. The molecule has 1 rings (SSSR count). The third-order valence-electron chi connectivity index (χ3n) is 3.20. The van der Waals surface area contributed by atoms with Crippen molar-refractivity contribution < 1.29 is 0 Å². The summed E-state index contributed by atoms with van der Waals surface area (Å²) < 4.78 is 0. The highest BCUT2D eigenvalue weighted by Crippen LogP contribution is 2.20. The second-order valence-electron chi connectivity index (χ2n) is 5.01. The van der Waals surface area contributed by atoms with Crippen LogP contribution < -0.4 is 5.32 Å². The maximum Gasteiger partial charge on any atom is 0.0340 e. The Morgan fingerprint density at radius 2 is 1.82 bits per heavy atom. The van der Waals surface area contributed by atoms with Gasteiger partial charge in [-0.1, -0.05) is 26.0 Å². The summed E-state index contributed by atoms with van der Waals surface area (Å²) in [5.41, 5.74) is 2.67. The van der Waals surface area contributed by atoms with Crippen LogP contribution in [0.25, 0.3) is 0 Å². The Hall–Kier alpha value is -1.02. The Morgan fingerprint density at radius 1 is 1.18 bits per heavy atom. The fraction of sp³-hybridized carbons (Fsp3) is 0.600. The Bertz CT molecular complexity index is 303. The van der Waals surface area contributed by atoms with Crippen LogP contribution >= 0.6 is 0 Å². The molecule has 0 aliphatic heterocycles. The van der Waals surface area contributed by atoms with E-state index in [9.17, 15) is 0 Å². The van der Waals surface area contributed by atoms with Crippen LogP contribution in [0.1, 0.15) is 38.2 Å².